The number of carbonyl (C=O) groups excluding carboxylic acids is 1. The largest absolute Gasteiger partial charge is 0.357 e. The van der Waals surface area contributed by atoms with Crippen molar-refractivity contribution in [2.24, 2.45) is 4.99 Å². The van der Waals surface area contributed by atoms with E-state index >= 15 is 0 Å². The van der Waals surface area contributed by atoms with E-state index in [2.05, 4.69) is 42.7 Å². The fraction of sp³-hybridized carbons (Fsp3) is 0.867. The number of guanidine groups is 1. The van der Waals surface area contributed by atoms with Crippen LogP contribution in [0.25, 0.3) is 0 Å². The van der Waals surface area contributed by atoms with Gasteiger partial charge in [-0.2, -0.15) is 11.8 Å². The van der Waals surface area contributed by atoms with Gasteiger partial charge < -0.3 is 15.5 Å². The van der Waals surface area contributed by atoms with Crippen LogP contribution in [0, 0.1) is 0 Å². The lowest BCUT2D eigenvalue weighted by atomic mass is 10.2. The Bertz CT molecular complexity index is 358. The summed E-state index contributed by atoms with van der Waals surface area (Å²) in [5, 5.41) is 6.61. The summed E-state index contributed by atoms with van der Waals surface area (Å²) in [5.74, 6) is 1.17. The summed E-state index contributed by atoms with van der Waals surface area (Å²) in [6.07, 6.45) is 4.81. The fourth-order valence-corrected chi connectivity index (χ4v) is 2.29. The van der Waals surface area contributed by atoms with Gasteiger partial charge in [0.05, 0.1) is 6.54 Å². The van der Waals surface area contributed by atoms with Crippen molar-refractivity contribution in [1.29, 1.82) is 0 Å². The number of amides is 1. The van der Waals surface area contributed by atoms with Crippen LogP contribution in [0.2, 0.25) is 0 Å². The molecule has 0 aromatic rings. The van der Waals surface area contributed by atoms with E-state index in [-0.39, 0.29) is 4.75 Å². The Morgan fingerprint density at radius 3 is 2.76 bits per heavy atom. The van der Waals surface area contributed by atoms with E-state index in [0.29, 0.717) is 5.91 Å². The molecule has 0 atom stereocenters. The zero-order valence-electron chi connectivity index (χ0n) is 13.9. The lowest BCUT2D eigenvalue weighted by Gasteiger charge is -2.20. The minimum atomic E-state index is 0.157. The first-order chi connectivity index (χ1) is 9.98. The van der Waals surface area contributed by atoms with Gasteiger partial charge in [-0.15, -0.1) is 0 Å². The molecule has 5 nitrogen and oxygen atoms in total. The molecule has 0 spiro atoms. The molecule has 1 heterocycles. The van der Waals surface area contributed by atoms with E-state index in [9.17, 15) is 4.79 Å². The third-order valence-corrected chi connectivity index (χ3v) is 4.82. The predicted octanol–water partition coefficient (Wildman–Crippen LogP) is 1.70. The number of carbonyl (C=O) groups is 1. The SMILES string of the molecule is CCNC(=NCC(C)(C)SC)NCCCN1CCCC1=O. The first-order valence-corrected chi connectivity index (χ1v) is 9.06. The molecule has 21 heavy (non-hydrogen) atoms. The summed E-state index contributed by atoms with van der Waals surface area (Å²) < 4.78 is 0.157. The van der Waals surface area contributed by atoms with Crippen molar-refractivity contribution in [3.63, 3.8) is 0 Å². The Hall–Kier alpha value is -0.910. The number of aliphatic imine (C=N–C) groups is 1. The average molecular weight is 314 g/mol. The van der Waals surface area contributed by atoms with Crippen LogP contribution in [0.15, 0.2) is 4.99 Å². The van der Waals surface area contributed by atoms with Gasteiger partial charge in [-0.3, -0.25) is 9.79 Å². The number of hydrogen-bond donors (Lipinski definition) is 2. The van der Waals surface area contributed by atoms with Crippen molar-refractivity contribution in [3.8, 4) is 0 Å². The lowest BCUT2D eigenvalue weighted by Crippen LogP contribution is -2.39. The molecule has 1 aliphatic heterocycles. The number of rotatable bonds is 8. The summed E-state index contributed by atoms with van der Waals surface area (Å²) in [6, 6.07) is 0. The smallest absolute Gasteiger partial charge is 0.222 e. The van der Waals surface area contributed by atoms with Gasteiger partial charge in [0.15, 0.2) is 5.96 Å². The van der Waals surface area contributed by atoms with Crippen LogP contribution in [0.3, 0.4) is 0 Å². The Labute approximate surface area is 133 Å². The van der Waals surface area contributed by atoms with Crippen molar-refractivity contribution in [2.75, 3.05) is 39.0 Å². The minimum absolute atomic E-state index is 0.157. The average Bonchev–Trinajstić information content (AvgIpc) is 2.86. The van der Waals surface area contributed by atoms with Gasteiger partial charge in [0.25, 0.3) is 0 Å². The topological polar surface area (TPSA) is 56.7 Å². The Morgan fingerprint density at radius 2 is 2.19 bits per heavy atom. The molecule has 122 valence electrons. The summed E-state index contributed by atoms with van der Waals surface area (Å²) in [7, 11) is 0. The zero-order chi connectivity index (χ0) is 15.7. The quantitative estimate of drug-likeness (QED) is 0.407. The van der Waals surface area contributed by atoms with Gasteiger partial charge in [-0.1, -0.05) is 0 Å². The third kappa shape index (κ3) is 7.07. The van der Waals surface area contributed by atoms with E-state index < -0.39 is 0 Å². The van der Waals surface area contributed by atoms with Crippen LogP contribution in [0.1, 0.15) is 40.0 Å². The molecule has 1 rings (SSSR count). The summed E-state index contributed by atoms with van der Waals surface area (Å²) in [6.45, 7) is 10.7. The van der Waals surface area contributed by atoms with Gasteiger partial charge in [0.1, 0.15) is 0 Å². The van der Waals surface area contributed by atoms with E-state index in [4.69, 9.17) is 0 Å². The monoisotopic (exact) mass is 314 g/mol. The maximum Gasteiger partial charge on any atom is 0.222 e. The highest BCUT2D eigenvalue weighted by Gasteiger charge is 2.19. The Balaban J connectivity index is 2.30. The lowest BCUT2D eigenvalue weighted by molar-refractivity contribution is -0.127. The first-order valence-electron chi connectivity index (χ1n) is 7.83. The van der Waals surface area contributed by atoms with E-state index in [1.807, 2.05) is 16.7 Å². The molecule has 0 aromatic carbocycles. The molecule has 0 aliphatic carbocycles. The third-order valence-electron chi connectivity index (χ3n) is 3.58. The molecular formula is C15H30N4OS. The maximum absolute atomic E-state index is 11.5. The highest BCUT2D eigenvalue weighted by molar-refractivity contribution is 7.99. The van der Waals surface area contributed by atoms with Gasteiger partial charge >= 0.3 is 0 Å². The van der Waals surface area contributed by atoms with Gasteiger partial charge in [-0.25, -0.2) is 0 Å². The maximum atomic E-state index is 11.5. The van der Waals surface area contributed by atoms with E-state index in [1.165, 1.54) is 0 Å². The number of nitrogens with one attached hydrogen (secondary N) is 2. The zero-order valence-corrected chi connectivity index (χ0v) is 14.7. The van der Waals surface area contributed by atoms with Gasteiger partial charge in [0, 0.05) is 37.3 Å². The molecule has 0 radical (unpaired) electrons. The van der Waals surface area contributed by atoms with Crippen molar-refractivity contribution in [1.82, 2.24) is 15.5 Å². The number of thioether (sulfide) groups is 1. The molecule has 1 amide bonds. The van der Waals surface area contributed by atoms with Crippen molar-refractivity contribution >= 4 is 23.6 Å². The standard InChI is InChI=1S/C15H30N4OS/c1-5-16-14(18-12-15(2,3)21-4)17-9-7-11-19-10-6-8-13(19)20/h5-12H2,1-4H3,(H2,16,17,18). The van der Waals surface area contributed by atoms with Gasteiger partial charge in [0.2, 0.25) is 5.91 Å². The fourth-order valence-electron chi connectivity index (χ4n) is 2.09. The number of likely N-dealkylation sites (tertiary alicyclic amines) is 1. The minimum Gasteiger partial charge on any atom is -0.357 e. The predicted molar refractivity (Wildman–Crippen MR) is 92.0 cm³/mol. The molecule has 1 aliphatic rings. The summed E-state index contributed by atoms with van der Waals surface area (Å²) in [5.41, 5.74) is 0. The molecule has 0 unspecified atom stereocenters. The molecule has 1 saturated heterocycles. The Morgan fingerprint density at radius 1 is 1.43 bits per heavy atom. The second-order valence-corrected chi connectivity index (χ2v) is 7.44. The molecule has 1 fully saturated rings. The highest BCUT2D eigenvalue weighted by atomic mass is 32.2. The molecule has 0 saturated carbocycles. The summed E-state index contributed by atoms with van der Waals surface area (Å²) in [4.78, 5) is 18.1. The number of nitrogens with zero attached hydrogens (tertiary/aromatic N) is 2. The van der Waals surface area contributed by atoms with E-state index in [1.54, 1.807) is 0 Å². The van der Waals surface area contributed by atoms with Crippen LogP contribution >= 0.6 is 11.8 Å². The van der Waals surface area contributed by atoms with Gasteiger partial charge in [-0.05, 0) is 39.9 Å². The molecule has 2 N–H and O–H groups in total. The van der Waals surface area contributed by atoms with Crippen molar-refractivity contribution in [3.05, 3.63) is 0 Å². The molecule has 6 heteroatoms. The Kier molecular flexibility index (Phi) is 7.93. The molecule has 0 bridgehead atoms. The van der Waals surface area contributed by atoms with Crippen LogP contribution in [-0.2, 0) is 4.79 Å². The van der Waals surface area contributed by atoms with E-state index in [0.717, 1.165) is 57.9 Å². The first kappa shape index (κ1) is 18.1. The second kappa shape index (κ2) is 9.18. The highest BCUT2D eigenvalue weighted by Crippen LogP contribution is 2.20. The van der Waals surface area contributed by atoms with Crippen LogP contribution in [-0.4, -0.2) is 60.5 Å². The van der Waals surface area contributed by atoms with Crippen LogP contribution in [0.4, 0.5) is 0 Å². The summed E-state index contributed by atoms with van der Waals surface area (Å²) >= 11 is 1.83. The second-order valence-electron chi connectivity index (χ2n) is 5.92. The molecular weight excluding hydrogens is 284 g/mol. The number of hydrogen-bond acceptors (Lipinski definition) is 3. The molecule has 0 aromatic heterocycles. The normalized spacial score (nSPS) is 16.5. The van der Waals surface area contributed by atoms with Crippen molar-refractivity contribution < 1.29 is 4.79 Å². The van der Waals surface area contributed by atoms with Crippen LogP contribution in [0.5, 0.6) is 0 Å². The van der Waals surface area contributed by atoms with Crippen LogP contribution < -0.4 is 10.6 Å². The van der Waals surface area contributed by atoms with Crippen molar-refractivity contribution in [2.45, 2.75) is 44.8 Å².